The van der Waals surface area contributed by atoms with Gasteiger partial charge in [0.1, 0.15) is 11.5 Å². The Balaban J connectivity index is 1.50. The predicted octanol–water partition coefficient (Wildman–Crippen LogP) is 3.63. The summed E-state index contributed by atoms with van der Waals surface area (Å²) in [4.78, 5) is 13.8. The fourth-order valence-electron chi connectivity index (χ4n) is 2.10. The van der Waals surface area contributed by atoms with E-state index in [2.05, 4.69) is 15.5 Å². The number of amides is 1. The van der Waals surface area contributed by atoms with Crippen molar-refractivity contribution in [3.8, 4) is 5.75 Å². The number of anilines is 2. The van der Waals surface area contributed by atoms with Gasteiger partial charge in [-0.2, -0.15) is 0 Å². The Morgan fingerprint density at radius 2 is 2.23 bits per heavy atom. The maximum absolute atomic E-state index is 12.2. The number of thioether (sulfide) groups is 1. The largest absolute Gasteiger partial charge is 0.497 e. The lowest BCUT2D eigenvalue weighted by Crippen LogP contribution is -2.27. The van der Waals surface area contributed by atoms with E-state index in [0.717, 1.165) is 21.5 Å². The molecule has 0 aliphatic heterocycles. The van der Waals surface area contributed by atoms with Crippen molar-refractivity contribution in [1.82, 2.24) is 15.1 Å². The number of nitrogens with zero attached hydrogens (tertiary/aromatic N) is 3. The van der Waals surface area contributed by atoms with E-state index in [-0.39, 0.29) is 5.91 Å². The summed E-state index contributed by atoms with van der Waals surface area (Å²) >= 11 is 2.77. The van der Waals surface area contributed by atoms with Gasteiger partial charge in [0.05, 0.1) is 25.7 Å². The fraction of sp³-hybridized carbons (Fsp3) is 0.235. The van der Waals surface area contributed by atoms with Gasteiger partial charge in [-0.15, -0.1) is 10.2 Å². The summed E-state index contributed by atoms with van der Waals surface area (Å²) in [7, 11) is 3.38. The van der Waals surface area contributed by atoms with Crippen LogP contribution in [-0.4, -0.2) is 40.9 Å². The van der Waals surface area contributed by atoms with Crippen LogP contribution in [0.5, 0.6) is 5.75 Å². The van der Waals surface area contributed by atoms with Crippen LogP contribution in [0.2, 0.25) is 0 Å². The highest BCUT2D eigenvalue weighted by Gasteiger charge is 2.13. The van der Waals surface area contributed by atoms with Gasteiger partial charge in [-0.05, 0) is 24.3 Å². The highest BCUT2D eigenvalue weighted by molar-refractivity contribution is 8.01. The molecule has 0 unspecified atom stereocenters. The van der Waals surface area contributed by atoms with Crippen molar-refractivity contribution in [3.05, 3.63) is 48.4 Å². The zero-order chi connectivity index (χ0) is 18.4. The van der Waals surface area contributed by atoms with Gasteiger partial charge in [0.25, 0.3) is 0 Å². The van der Waals surface area contributed by atoms with Gasteiger partial charge in [-0.3, -0.25) is 4.79 Å². The smallest absolute Gasteiger partial charge is 0.233 e. The van der Waals surface area contributed by atoms with Crippen LogP contribution in [0.15, 0.2) is 51.4 Å². The lowest BCUT2D eigenvalue weighted by molar-refractivity contribution is -0.127. The zero-order valence-electron chi connectivity index (χ0n) is 14.3. The first-order valence-corrected chi connectivity index (χ1v) is 9.58. The number of rotatable bonds is 8. The van der Waals surface area contributed by atoms with Gasteiger partial charge in [-0.25, -0.2) is 0 Å². The molecule has 3 aromatic rings. The third kappa shape index (κ3) is 4.99. The standard InChI is InChI=1S/C17H18N4O3S2/c1-21(10-14-7-4-8-24-14)15(22)11-25-17-20-19-16(26-17)18-12-5-3-6-13(9-12)23-2/h3-9H,10-11H2,1-2H3,(H,18,19). The van der Waals surface area contributed by atoms with Crippen molar-refractivity contribution in [1.29, 1.82) is 0 Å². The van der Waals surface area contributed by atoms with Crippen molar-refractivity contribution < 1.29 is 13.9 Å². The van der Waals surface area contributed by atoms with Gasteiger partial charge in [0.15, 0.2) is 4.34 Å². The number of methoxy groups -OCH3 is 1. The van der Waals surface area contributed by atoms with E-state index in [1.165, 1.54) is 23.1 Å². The van der Waals surface area contributed by atoms with E-state index in [1.54, 1.807) is 31.4 Å². The molecular formula is C17H18N4O3S2. The van der Waals surface area contributed by atoms with E-state index in [4.69, 9.17) is 9.15 Å². The third-order valence-electron chi connectivity index (χ3n) is 3.45. The number of aromatic nitrogens is 2. The van der Waals surface area contributed by atoms with Crippen molar-refractivity contribution in [3.63, 3.8) is 0 Å². The van der Waals surface area contributed by atoms with Gasteiger partial charge in [0, 0.05) is 18.8 Å². The topological polar surface area (TPSA) is 80.5 Å². The normalized spacial score (nSPS) is 10.5. The molecule has 0 aliphatic rings. The second-order valence-electron chi connectivity index (χ2n) is 5.35. The van der Waals surface area contributed by atoms with E-state index < -0.39 is 0 Å². The predicted molar refractivity (Wildman–Crippen MR) is 102 cm³/mol. The van der Waals surface area contributed by atoms with Crippen molar-refractivity contribution in [2.24, 2.45) is 0 Å². The molecule has 2 heterocycles. The lowest BCUT2D eigenvalue weighted by Gasteiger charge is -2.14. The van der Waals surface area contributed by atoms with Gasteiger partial charge >= 0.3 is 0 Å². The number of furan rings is 1. The van der Waals surface area contributed by atoms with E-state index in [9.17, 15) is 4.79 Å². The van der Waals surface area contributed by atoms with Crippen LogP contribution in [0.3, 0.4) is 0 Å². The Hall–Kier alpha value is -2.52. The van der Waals surface area contributed by atoms with Crippen LogP contribution in [0.1, 0.15) is 5.76 Å². The van der Waals surface area contributed by atoms with E-state index in [0.29, 0.717) is 17.4 Å². The molecule has 0 atom stereocenters. The first kappa shape index (κ1) is 18.3. The van der Waals surface area contributed by atoms with Crippen LogP contribution in [0.25, 0.3) is 0 Å². The summed E-state index contributed by atoms with van der Waals surface area (Å²) in [5.41, 5.74) is 0.867. The quantitative estimate of drug-likeness (QED) is 0.588. The lowest BCUT2D eigenvalue weighted by atomic mass is 10.3. The van der Waals surface area contributed by atoms with Crippen LogP contribution in [0.4, 0.5) is 10.8 Å². The highest BCUT2D eigenvalue weighted by atomic mass is 32.2. The molecule has 0 spiro atoms. The second kappa shape index (κ2) is 8.72. The molecule has 0 aliphatic carbocycles. The zero-order valence-corrected chi connectivity index (χ0v) is 16.0. The highest BCUT2D eigenvalue weighted by Crippen LogP contribution is 2.28. The summed E-state index contributed by atoms with van der Waals surface area (Å²) in [6.45, 7) is 0.450. The number of hydrogen-bond acceptors (Lipinski definition) is 8. The molecule has 1 amide bonds. The first-order valence-electron chi connectivity index (χ1n) is 7.78. The van der Waals surface area contributed by atoms with Gasteiger partial charge < -0.3 is 19.4 Å². The number of hydrogen-bond donors (Lipinski definition) is 1. The molecule has 3 rings (SSSR count). The molecule has 9 heteroatoms. The molecule has 0 radical (unpaired) electrons. The van der Waals surface area contributed by atoms with E-state index >= 15 is 0 Å². The Labute approximate surface area is 159 Å². The van der Waals surface area contributed by atoms with Crippen LogP contribution in [0, 0.1) is 0 Å². The minimum Gasteiger partial charge on any atom is -0.497 e. The van der Waals surface area contributed by atoms with Crippen molar-refractivity contribution >= 4 is 39.8 Å². The van der Waals surface area contributed by atoms with Crippen LogP contribution >= 0.6 is 23.1 Å². The molecule has 0 fully saturated rings. The summed E-state index contributed by atoms with van der Waals surface area (Å²) < 4.78 is 11.2. The monoisotopic (exact) mass is 390 g/mol. The Morgan fingerprint density at radius 1 is 1.35 bits per heavy atom. The Kier molecular flexibility index (Phi) is 6.13. The average molecular weight is 390 g/mol. The Morgan fingerprint density at radius 3 is 3.00 bits per heavy atom. The van der Waals surface area contributed by atoms with Gasteiger partial charge in [-0.1, -0.05) is 29.2 Å². The van der Waals surface area contributed by atoms with Crippen molar-refractivity contribution in [2.45, 2.75) is 10.9 Å². The molecule has 0 saturated carbocycles. The number of carbonyl (C=O) groups is 1. The molecule has 1 aromatic carbocycles. The first-order chi connectivity index (χ1) is 12.6. The number of nitrogens with one attached hydrogen (secondary N) is 1. The summed E-state index contributed by atoms with van der Waals surface area (Å²) in [6.07, 6.45) is 1.60. The number of ether oxygens (including phenoxy) is 1. The maximum Gasteiger partial charge on any atom is 0.233 e. The summed E-state index contributed by atoms with van der Waals surface area (Å²) in [5, 5.41) is 12.1. The average Bonchev–Trinajstić information content (AvgIpc) is 3.32. The van der Waals surface area contributed by atoms with E-state index in [1.807, 2.05) is 30.3 Å². The Bertz CT molecular complexity index is 851. The van der Waals surface area contributed by atoms with Crippen molar-refractivity contribution in [2.75, 3.05) is 25.2 Å². The molecule has 26 heavy (non-hydrogen) atoms. The SMILES string of the molecule is COc1cccc(Nc2nnc(SCC(=O)N(C)Cc3ccco3)s2)c1. The van der Waals surface area contributed by atoms with Crippen LogP contribution in [-0.2, 0) is 11.3 Å². The molecular weight excluding hydrogens is 372 g/mol. The third-order valence-corrected chi connectivity index (χ3v) is 5.40. The van der Waals surface area contributed by atoms with Gasteiger partial charge in [0.2, 0.25) is 11.0 Å². The molecule has 0 saturated heterocycles. The molecule has 136 valence electrons. The minimum atomic E-state index is 0.00362. The number of benzene rings is 1. The number of carbonyl (C=O) groups excluding carboxylic acids is 1. The second-order valence-corrected chi connectivity index (χ2v) is 7.55. The maximum atomic E-state index is 12.2. The fourth-order valence-corrected chi connectivity index (χ4v) is 3.81. The summed E-state index contributed by atoms with van der Waals surface area (Å²) in [5.74, 6) is 1.82. The molecule has 7 nitrogen and oxygen atoms in total. The van der Waals surface area contributed by atoms with Crippen LogP contribution < -0.4 is 10.1 Å². The molecule has 1 N–H and O–H groups in total. The molecule has 0 bridgehead atoms. The summed E-state index contributed by atoms with van der Waals surface area (Å²) in [6, 6.07) is 11.2. The minimum absolute atomic E-state index is 0.00362. The molecule has 2 aromatic heterocycles.